The van der Waals surface area contributed by atoms with Crippen molar-refractivity contribution in [3.8, 4) is 11.3 Å². The summed E-state index contributed by atoms with van der Waals surface area (Å²) in [7, 11) is 0. The average Bonchev–Trinajstić information content (AvgIpc) is 3.07. The third-order valence-electron chi connectivity index (χ3n) is 3.13. The molecule has 2 aromatic carbocycles. The largest absolute Gasteiger partial charge is 0.224 e. The molecule has 0 fully saturated rings. The highest BCUT2D eigenvalue weighted by Crippen LogP contribution is 2.25. The first-order valence-electron chi connectivity index (χ1n) is 6.95. The lowest BCUT2D eigenvalue weighted by atomic mass is 10.2. The van der Waals surface area contributed by atoms with Gasteiger partial charge in [0.2, 0.25) is 5.13 Å². The zero-order valence-electron chi connectivity index (χ0n) is 12.0. The van der Waals surface area contributed by atoms with Crippen LogP contribution in [0.3, 0.4) is 0 Å². The zero-order chi connectivity index (χ0) is 15.2. The SMILES string of the molecule is NN(/N=C\Cc1ccccc1)c1nc(-c2ccccc2)cs1. The lowest BCUT2D eigenvalue weighted by Gasteiger charge is -2.07. The van der Waals surface area contributed by atoms with Crippen LogP contribution < -0.4 is 11.0 Å². The number of nitrogens with two attached hydrogens (primary N) is 1. The molecule has 0 saturated heterocycles. The summed E-state index contributed by atoms with van der Waals surface area (Å²) >= 11 is 1.47. The van der Waals surface area contributed by atoms with Gasteiger partial charge in [-0.15, -0.1) is 11.3 Å². The van der Waals surface area contributed by atoms with Crippen molar-refractivity contribution in [3.63, 3.8) is 0 Å². The molecule has 0 saturated carbocycles. The number of aromatic nitrogens is 1. The van der Waals surface area contributed by atoms with Crippen LogP contribution in [0.4, 0.5) is 5.13 Å². The number of anilines is 1. The number of hydrogen-bond donors (Lipinski definition) is 1. The molecule has 0 aliphatic carbocycles. The minimum atomic E-state index is 0.670. The second-order valence-electron chi connectivity index (χ2n) is 4.71. The molecule has 0 amide bonds. The van der Waals surface area contributed by atoms with E-state index in [4.69, 9.17) is 5.84 Å². The van der Waals surface area contributed by atoms with E-state index >= 15 is 0 Å². The van der Waals surface area contributed by atoms with Crippen LogP contribution >= 0.6 is 11.3 Å². The predicted molar refractivity (Wildman–Crippen MR) is 92.9 cm³/mol. The maximum absolute atomic E-state index is 5.93. The molecular formula is C17H16N4S. The van der Waals surface area contributed by atoms with Crippen molar-refractivity contribution in [2.75, 3.05) is 5.12 Å². The Morgan fingerprint density at radius 2 is 1.73 bits per heavy atom. The van der Waals surface area contributed by atoms with Crippen molar-refractivity contribution in [2.24, 2.45) is 10.9 Å². The summed E-state index contributed by atoms with van der Waals surface area (Å²) in [5, 5.41) is 8.20. The van der Waals surface area contributed by atoms with Crippen LogP contribution in [-0.2, 0) is 6.42 Å². The quantitative estimate of drug-likeness (QED) is 0.444. The van der Waals surface area contributed by atoms with E-state index in [9.17, 15) is 0 Å². The van der Waals surface area contributed by atoms with Gasteiger partial charge >= 0.3 is 0 Å². The number of hydrogen-bond acceptors (Lipinski definition) is 5. The van der Waals surface area contributed by atoms with Gasteiger partial charge in [-0.2, -0.15) is 10.2 Å². The van der Waals surface area contributed by atoms with E-state index in [0.29, 0.717) is 5.13 Å². The summed E-state index contributed by atoms with van der Waals surface area (Å²) in [4.78, 5) is 4.51. The number of rotatable bonds is 5. The van der Waals surface area contributed by atoms with Gasteiger partial charge in [0.25, 0.3) is 0 Å². The summed E-state index contributed by atoms with van der Waals surface area (Å²) in [6.45, 7) is 0. The second kappa shape index (κ2) is 6.98. The van der Waals surface area contributed by atoms with Gasteiger partial charge in [-0.05, 0) is 5.56 Å². The maximum atomic E-state index is 5.93. The monoisotopic (exact) mass is 308 g/mol. The number of benzene rings is 2. The Labute approximate surface area is 133 Å². The molecule has 0 aliphatic rings. The highest BCUT2D eigenvalue weighted by molar-refractivity contribution is 7.14. The molecule has 0 spiro atoms. The summed E-state index contributed by atoms with van der Waals surface area (Å²) in [6.07, 6.45) is 2.53. The van der Waals surface area contributed by atoms with Crippen LogP contribution in [0, 0.1) is 0 Å². The molecule has 0 unspecified atom stereocenters. The average molecular weight is 308 g/mol. The molecule has 0 bridgehead atoms. The molecule has 4 nitrogen and oxygen atoms in total. The van der Waals surface area contributed by atoms with Crippen LogP contribution in [0.5, 0.6) is 0 Å². The molecule has 3 rings (SSSR count). The topological polar surface area (TPSA) is 54.5 Å². The van der Waals surface area contributed by atoms with E-state index < -0.39 is 0 Å². The molecule has 0 aliphatic heterocycles. The first kappa shape index (κ1) is 14.4. The summed E-state index contributed by atoms with van der Waals surface area (Å²) < 4.78 is 0. The molecule has 0 radical (unpaired) electrons. The zero-order valence-corrected chi connectivity index (χ0v) is 12.8. The Bertz CT molecular complexity index is 738. The Morgan fingerprint density at radius 1 is 1.05 bits per heavy atom. The van der Waals surface area contributed by atoms with Gasteiger partial charge < -0.3 is 0 Å². The maximum Gasteiger partial charge on any atom is 0.222 e. The molecule has 1 heterocycles. The van der Waals surface area contributed by atoms with E-state index in [1.165, 1.54) is 22.0 Å². The number of nitrogens with zero attached hydrogens (tertiary/aromatic N) is 3. The van der Waals surface area contributed by atoms with Crippen LogP contribution in [0.1, 0.15) is 5.56 Å². The van der Waals surface area contributed by atoms with E-state index in [2.05, 4.69) is 22.2 Å². The van der Waals surface area contributed by atoms with E-state index in [1.54, 1.807) is 6.21 Å². The minimum absolute atomic E-state index is 0.670. The lowest BCUT2D eigenvalue weighted by molar-refractivity contribution is 0.917. The summed E-state index contributed by atoms with van der Waals surface area (Å²) in [5.74, 6) is 5.93. The van der Waals surface area contributed by atoms with Crippen molar-refractivity contribution in [2.45, 2.75) is 6.42 Å². The van der Waals surface area contributed by atoms with Crippen LogP contribution in [0.25, 0.3) is 11.3 Å². The molecular weight excluding hydrogens is 292 g/mol. The van der Waals surface area contributed by atoms with E-state index in [-0.39, 0.29) is 0 Å². The third-order valence-corrected chi connectivity index (χ3v) is 3.96. The number of hydrazone groups is 1. The highest BCUT2D eigenvalue weighted by Gasteiger charge is 2.07. The fourth-order valence-corrected chi connectivity index (χ4v) is 2.72. The number of hydrazine groups is 1. The van der Waals surface area contributed by atoms with Gasteiger partial charge in [0.05, 0.1) is 5.69 Å². The van der Waals surface area contributed by atoms with Crippen LogP contribution in [0.15, 0.2) is 71.1 Å². The van der Waals surface area contributed by atoms with Crippen molar-refractivity contribution < 1.29 is 0 Å². The van der Waals surface area contributed by atoms with Gasteiger partial charge in [-0.1, -0.05) is 60.7 Å². The first-order chi connectivity index (χ1) is 10.8. The van der Waals surface area contributed by atoms with Gasteiger partial charge in [-0.3, -0.25) is 0 Å². The van der Waals surface area contributed by atoms with Crippen molar-refractivity contribution in [1.29, 1.82) is 0 Å². The molecule has 3 aromatic rings. The van der Waals surface area contributed by atoms with Gasteiger partial charge in [0.1, 0.15) is 0 Å². The van der Waals surface area contributed by atoms with Gasteiger partial charge in [0.15, 0.2) is 0 Å². The summed E-state index contributed by atoms with van der Waals surface area (Å²) in [6, 6.07) is 20.2. The van der Waals surface area contributed by atoms with Crippen molar-refractivity contribution in [3.05, 3.63) is 71.6 Å². The summed E-state index contributed by atoms with van der Waals surface area (Å²) in [5.41, 5.74) is 3.18. The molecule has 1 aromatic heterocycles. The van der Waals surface area contributed by atoms with Crippen LogP contribution in [0.2, 0.25) is 0 Å². The van der Waals surface area contributed by atoms with E-state index in [1.807, 2.05) is 53.9 Å². The van der Waals surface area contributed by atoms with Crippen molar-refractivity contribution in [1.82, 2.24) is 4.98 Å². The smallest absolute Gasteiger partial charge is 0.222 e. The Balaban J connectivity index is 1.66. The molecule has 110 valence electrons. The van der Waals surface area contributed by atoms with Gasteiger partial charge in [0, 0.05) is 23.6 Å². The fourth-order valence-electron chi connectivity index (χ4n) is 2.01. The Morgan fingerprint density at radius 3 is 2.45 bits per heavy atom. The van der Waals surface area contributed by atoms with E-state index in [0.717, 1.165) is 17.7 Å². The predicted octanol–water partition coefficient (Wildman–Crippen LogP) is 3.72. The molecule has 0 atom stereocenters. The molecule has 5 heteroatoms. The first-order valence-corrected chi connectivity index (χ1v) is 7.83. The minimum Gasteiger partial charge on any atom is -0.224 e. The Hall–Kier alpha value is -2.50. The van der Waals surface area contributed by atoms with Crippen LogP contribution in [-0.4, -0.2) is 11.2 Å². The second-order valence-corrected chi connectivity index (χ2v) is 5.55. The molecule has 22 heavy (non-hydrogen) atoms. The van der Waals surface area contributed by atoms with Gasteiger partial charge in [-0.25, -0.2) is 10.8 Å². The standard InChI is InChI=1S/C17H16N4S/c18-21(19-12-11-14-7-3-1-4-8-14)17-20-16(13-22-17)15-9-5-2-6-10-15/h1-10,12-13H,11,18H2/b19-12-. The number of thiazole rings is 1. The highest BCUT2D eigenvalue weighted by atomic mass is 32.1. The van der Waals surface area contributed by atoms with Crippen molar-refractivity contribution >= 4 is 22.7 Å². The normalized spacial score (nSPS) is 11.0. The lowest BCUT2D eigenvalue weighted by Crippen LogP contribution is -2.24. The fraction of sp³-hybridized carbons (Fsp3) is 0.0588. The third kappa shape index (κ3) is 3.58. The Kier molecular flexibility index (Phi) is 4.58. The molecule has 2 N–H and O–H groups in total.